The molecule has 1 amide bonds. The van der Waals surface area contributed by atoms with Crippen LogP contribution in [0.3, 0.4) is 0 Å². The second kappa shape index (κ2) is 8.49. The van der Waals surface area contributed by atoms with Crippen LogP contribution in [0.15, 0.2) is 24.3 Å². The lowest BCUT2D eigenvalue weighted by Crippen LogP contribution is -2.39. The maximum atomic E-state index is 13.3. The first-order chi connectivity index (χ1) is 15.2. The van der Waals surface area contributed by atoms with Crippen LogP contribution in [0.25, 0.3) is 10.9 Å². The van der Waals surface area contributed by atoms with Gasteiger partial charge in [0.25, 0.3) is 5.91 Å². The molecule has 2 unspecified atom stereocenters. The number of carbonyl (C=O) groups excluding carboxylic acids is 2. The molecule has 2 bridgehead atoms. The van der Waals surface area contributed by atoms with Gasteiger partial charge in [0.2, 0.25) is 0 Å². The van der Waals surface area contributed by atoms with Crippen molar-refractivity contribution in [2.45, 2.75) is 79.2 Å². The molecule has 2 aromatic rings. The summed E-state index contributed by atoms with van der Waals surface area (Å²) in [4.78, 5) is 33.2. The molecule has 5 nitrogen and oxygen atoms in total. The standard InChI is InChI=1S/C27H36N2O3/c1-6-10-21-19(7-2)24(20-11-8-9-12-22(20)28-21)25(31)32-15-23(30)29-17-27(5)14-18(29)13-26(3,4)16-27/h8-9,11-12,18H,6-7,10,13-17H2,1-5H3. The van der Waals surface area contributed by atoms with Crippen molar-refractivity contribution in [3.8, 4) is 0 Å². The first-order valence-electron chi connectivity index (χ1n) is 12.0. The van der Waals surface area contributed by atoms with E-state index >= 15 is 0 Å². The van der Waals surface area contributed by atoms with Crippen molar-refractivity contribution in [1.82, 2.24) is 9.88 Å². The SMILES string of the molecule is CCCc1nc2ccccc2c(C(=O)OCC(=O)N2CC3(C)CC2CC(C)(C)C3)c1CC. The molecule has 1 aliphatic carbocycles. The van der Waals surface area contributed by atoms with Crippen LogP contribution in [0, 0.1) is 10.8 Å². The summed E-state index contributed by atoms with van der Waals surface area (Å²) in [5.74, 6) is -0.491. The van der Waals surface area contributed by atoms with E-state index in [0.717, 1.165) is 60.8 Å². The van der Waals surface area contributed by atoms with Crippen molar-refractivity contribution in [2.24, 2.45) is 10.8 Å². The van der Waals surface area contributed by atoms with E-state index in [4.69, 9.17) is 9.72 Å². The van der Waals surface area contributed by atoms with Crippen LogP contribution in [0.1, 0.15) is 81.9 Å². The third-order valence-electron chi connectivity index (χ3n) is 7.19. The van der Waals surface area contributed by atoms with Crippen LogP contribution in [0.2, 0.25) is 0 Å². The Morgan fingerprint density at radius 2 is 1.91 bits per heavy atom. The molecule has 4 rings (SSSR count). The summed E-state index contributed by atoms with van der Waals surface area (Å²) in [6, 6.07) is 7.95. The number of ether oxygens (including phenoxy) is 1. The molecule has 0 spiro atoms. The van der Waals surface area contributed by atoms with Gasteiger partial charge >= 0.3 is 5.97 Å². The summed E-state index contributed by atoms with van der Waals surface area (Å²) in [6.07, 6.45) is 5.66. The van der Waals surface area contributed by atoms with E-state index in [-0.39, 0.29) is 29.4 Å². The minimum Gasteiger partial charge on any atom is -0.452 e. The summed E-state index contributed by atoms with van der Waals surface area (Å²) >= 11 is 0. The van der Waals surface area contributed by atoms with Gasteiger partial charge in [-0.1, -0.05) is 59.2 Å². The van der Waals surface area contributed by atoms with Crippen molar-refractivity contribution in [3.63, 3.8) is 0 Å². The molecule has 1 aliphatic heterocycles. The Labute approximate surface area is 191 Å². The maximum Gasteiger partial charge on any atom is 0.339 e. The molecule has 1 saturated heterocycles. The number of aromatic nitrogens is 1. The van der Waals surface area contributed by atoms with Gasteiger partial charge < -0.3 is 9.64 Å². The number of nitrogens with zero attached hydrogens (tertiary/aromatic N) is 2. The first-order valence-corrected chi connectivity index (χ1v) is 12.0. The van der Waals surface area contributed by atoms with Crippen molar-refractivity contribution in [2.75, 3.05) is 13.2 Å². The minimum atomic E-state index is -0.417. The number of benzene rings is 1. The zero-order valence-corrected chi connectivity index (χ0v) is 20.2. The molecule has 172 valence electrons. The molecule has 2 atom stereocenters. The van der Waals surface area contributed by atoms with Gasteiger partial charge in [-0.2, -0.15) is 0 Å². The van der Waals surface area contributed by atoms with Gasteiger partial charge in [0.05, 0.1) is 11.1 Å². The van der Waals surface area contributed by atoms with Crippen LogP contribution < -0.4 is 0 Å². The fourth-order valence-corrected chi connectivity index (χ4v) is 6.39. The number of carbonyl (C=O) groups is 2. The largest absolute Gasteiger partial charge is 0.452 e. The molecule has 5 heteroatoms. The summed E-state index contributed by atoms with van der Waals surface area (Å²) < 4.78 is 5.66. The molecule has 1 aromatic carbocycles. The normalized spacial score (nSPS) is 24.0. The van der Waals surface area contributed by atoms with E-state index < -0.39 is 5.97 Å². The zero-order chi connectivity index (χ0) is 23.1. The lowest BCUT2D eigenvalue weighted by atomic mass is 9.65. The van der Waals surface area contributed by atoms with Crippen LogP contribution in [-0.4, -0.2) is 41.0 Å². The number of para-hydroxylation sites is 1. The molecular formula is C27H36N2O3. The topological polar surface area (TPSA) is 59.5 Å². The van der Waals surface area contributed by atoms with Crippen molar-refractivity contribution < 1.29 is 14.3 Å². The number of hydrogen-bond acceptors (Lipinski definition) is 4. The van der Waals surface area contributed by atoms with Crippen molar-refractivity contribution >= 4 is 22.8 Å². The highest BCUT2D eigenvalue weighted by Gasteiger charge is 2.51. The minimum absolute atomic E-state index is 0.0741. The van der Waals surface area contributed by atoms with Gasteiger partial charge in [-0.3, -0.25) is 9.78 Å². The Balaban J connectivity index is 1.55. The van der Waals surface area contributed by atoms with Gasteiger partial charge in [0.1, 0.15) is 0 Å². The Bertz CT molecular complexity index is 1040. The molecule has 2 aliphatic rings. The van der Waals surface area contributed by atoms with Crippen LogP contribution >= 0.6 is 0 Å². The van der Waals surface area contributed by atoms with Gasteiger partial charge in [0, 0.05) is 23.7 Å². The smallest absolute Gasteiger partial charge is 0.339 e. The number of pyridine rings is 1. The van der Waals surface area contributed by atoms with Crippen molar-refractivity contribution in [3.05, 3.63) is 41.1 Å². The predicted octanol–water partition coefficient (Wildman–Crippen LogP) is 5.33. The van der Waals surface area contributed by atoms with Crippen LogP contribution in [0.4, 0.5) is 0 Å². The van der Waals surface area contributed by atoms with Gasteiger partial charge in [-0.05, 0) is 54.6 Å². The monoisotopic (exact) mass is 436 g/mol. The second-order valence-electron chi connectivity index (χ2n) is 10.8. The quantitative estimate of drug-likeness (QED) is 0.574. The van der Waals surface area contributed by atoms with Gasteiger partial charge in [-0.15, -0.1) is 0 Å². The van der Waals surface area contributed by atoms with E-state index in [1.165, 1.54) is 0 Å². The molecule has 32 heavy (non-hydrogen) atoms. The van der Waals surface area contributed by atoms with E-state index in [1.54, 1.807) is 0 Å². The van der Waals surface area contributed by atoms with E-state index in [9.17, 15) is 9.59 Å². The molecular weight excluding hydrogens is 400 g/mol. The summed E-state index contributed by atoms with van der Waals surface area (Å²) in [5, 5.41) is 0.799. The molecule has 1 saturated carbocycles. The maximum absolute atomic E-state index is 13.3. The molecule has 2 heterocycles. The lowest BCUT2D eigenvalue weighted by molar-refractivity contribution is -0.135. The number of hydrogen-bond donors (Lipinski definition) is 0. The Morgan fingerprint density at radius 1 is 1.16 bits per heavy atom. The fraction of sp³-hybridized carbons (Fsp3) is 0.593. The van der Waals surface area contributed by atoms with Gasteiger partial charge in [0.15, 0.2) is 6.61 Å². The highest BCUT2D eigenvalue weighted by molar-refractivity contribution is 6.05. The number of esters is 1. The summed E-state index contributed by atoms with van der Waals surface area (Å²) in [7, 11) is 0. The fourth-order valence-electron chi connectivity index (χ4n) is 6.39. The lowest BCUT2D eigenvalue weighted by Gasteiger charge is -2.39. The Hall–Kier alpha value is -2.43. The second-order valence-corrected chi connectivity index (χ2v) is 10.8. The third kappa shape index (κ3) is 4.26. The number of fused-ring (bicyclic) bond motifs is 3. The zero-order valence-electron chi connectivity index (χ0n) is 20.2. The van der Waals surface area contributed by atoms with E-state index in [1.807, 2.05) is 36.1 Å². The average Bonchev–Trinajstić information content (AvgIpc) is 2.99. The van der Waals surface area contributed by atoms with Crippen LogP contribution in [-0.2, 0) is 22.4 Å². The molecule has 2 fully saturated rings. The number of aryl methyl sites for hydroxylation is 1. The number of rotatable bonds is 6. The molecule has 0 N–H and O–H groups in total. The number of likely N-dealkylation sites (tertiary alicyclic amines) is 1. The van der Waals surface area contributed by atoms with Gasteiger partial charge in [-0.25, -0.2) is 4.79 Å². The first kappa shape index (κ1) is 22.8. The van der Waals surface area contributed by atoms with E-state index in [0.29, 0.717) is 12.0 Å². The highest BCUT2D eigenvalue weighted by Crippen LogP contribution is 2.52. The highest BCUT2D eigenvalue weighted by atomic mass is 16.5. The third-order valence-corrected chi connectivity index (χ3v) is 7.19. The summed E-state index contributed by atoms with van der Waals surface area (Å²) in [5.41, 5.74) is 3.67. The van der Waals surface area contributed by atoms with Crippen molar-refractivity contribution in [1.29, 1.82) is 0 Å². The Morgan fingerprint density at radius 3 is 2.62 bits per heavy atom. The average molecular weight is 437 g/mol. The number of amides is 1. The van der Waals surface area contributed by atoms with E-state index in [2.05, 4.69) is 27.7 Å². The summed E-state index contributed by atoms with van der Waals surface area (Å²) in [6.45, 7) is 11.6. The predicted molar refractivity (Wildman–Crippen MR) is 127 cm³/mol. The van der Waals surface area contributed by atoms with Crippen LogP contribution in [0.5, 0.6) is 0 Å². The molecule has 1 aromatic heterocycles. The Kier molecular flexibility index (Phi) is 6.04. The molecule has 0 radical (unpaired) electrons.